The lowest BCUT2D eigenvalue weighted by Gasteiger charge is -2.18. The summed E-state index contributed by atoms with van der Waals surface area (Å²) in [6.45, 7) is 0. The van der Waals surface area contributed by atoms with Crippen LogP contribution in [0.15, 0.2) is 59.0 Å². The Morgan fingerprint density at radius 2 is 1.92 bits per heavy atom. The Hall–Kier alpha value is -2.28. The fourth-order valence-corrected chi connectivity index (χ4v) is 3.42. The number of benzene rings is 2. The summed E-state index contributed by atoms with van der Waals surface area (Å²) < 4.78 is 0. The number of hydrogen-bond donors (Lipinski definition) is 2. The standard InChI is InChI=1S/C18H16Cl2N4OS/c19-11-24(12-20)15-3-1-2-13(8-15)9-21-23-18-22-17(10-26-18)14-4-6-16(25)7-5-14/h1-10,25H,11-12H2,(H,22,23)/b21-9-. The SMILES string of the molecule is Oc1ccc(-c2csc(N/N=C\c3cccc(N(CCl)CCl)c3)n2)cc1. The molecule has 0 radical (unpaired) electrons. The van der Waals surface area contributed by atoms with Gasteiger partial charge in [-0.15, -0.1) is 34.5 Å². The molecule has 0 unspecified atom stereocenters. The third-order valence-electron chi connectivity index (χ3n) is 3.56. The summed E-state index contributed by atoms with van der Waals surface area (Å²) in [4.78, 5) is 6.31. The molecule has 8 heteroatoms. The molecule has 0 aliphatic carbocycles. The van der Waals surface area contributed by atoms with Crippen molar-refractivity contribution in [3.63, 3.8) is 0 Å². The molecule has 0 aliphatic rings. The van der Waals surface area contributed by atoms with Crippen molar-refractivity contribution >= 4 is 51.6 Å². The summed E-state index contributed by atoms with van der Waals surface area (Å²) in [5.41, 5.74) is 6.55. The summed E-state index contributed by atoms with van der Waals surface area (Å²) >= 11 is 13.2. The van der Waals surface area contributed by atoms with Crippen molar-refractivity contribution in [2.75, 3.05) is 22.3 Å². The predicted molar refractivity (Wildman–Crippen MR) is 111 cm³/mol. The lowest BCUT2D eigenvalue weighted by Crippen LogP contribution is -2.19. The van der Waals surface area contributed by atoms with Crippen LogP contribution in [-0.2, 0) is 0 Å². The molecule has 0 spiro atoms. The van der Waals surface area contributed by atoms with Crippen LogP contribution < -0.4 is 10.3 Å². The first-order valence-corrected chi connectivity index (χ1v) is 9.65. The number of phenolic OH excluding ortho intramolecular Hbond substituents is 1. The summed E-state index contributed by atoms with van der Waals surface area (Å²) in [5, 5.41) is 16.2. The summed E-state index contributed by atoms with van der Waals surface area (Å²) in [5.74, 6) is 0.232. The first-order valence-electron chi connectivity index (χ1n) is 7.70. The zero-order valence-corrected chi connectivity index (χ0v) is 16.0. The number of nitrogens with one attached hydrogen (secondary N) is 1. The second-order valence-electron chi connectivity index (χ2n) is 5.33. The van der Waals surface area contributed by atoms with E-state index in [1.165, 1.54) is 11.3 Å². The Morgan fingerprint density at radius 3 is 2.65 bits per heavy atom. The van der Waals surface area contributed by atoms with Crippen LogP contribution in [0, 0.1) is 0 Å². The Kier molecular flexibility index (Phi) is 6.33. The van der Waals surface area contributed by atoms with E-state index in [-0.39, 0.29) is 5.75 Å². The van der Waals surface area contributed by atoms with Crippen molar-refractivity contribution in [3.05, 3.63) is 59.5 Å². The zero-order valence-electron chi connectivity index (χ0n) is 13.6. The molecule has 0 fully saturated rings. The van der Waals surface area contributed by atoms with Crippen molar-refractivity contribution < 1.29 is 5.11 Å². The molecule has 2 aromatic carbocycles. The van der Waals surface area contributed by atoms with Crippen LogP contribution >= 0.6 is 34.5 Å². The maximum atomic E-state index is 9.35. The molecule has 1 aromatic heterocycles. The van der Waals surface area contributed by atoms with Gasteiger partial charge in [0.05, 0.1) is 23.9 Å². The number of rotatable bonds is 7. The van der Waals surface area contributed by atoms with E-state index in [1.54, 1.807) is 18.3 Å². The highest BCUT2D eigenvalue weighted by Crippen LogP contribution is 2.26. The van der Waals surface area contributed by atoms with Crippen LogP contribution in [-0.4, -0.2) is 28.3 Å². The first-order chi connectivity index (χ1) is 12.7. The summed E-state index contributed by atoms with van der Waals surface area (Å²) in [6.07, 6.45) is 1.71. The Balaban J connectivity index is 1.66. The Labute approximate surface area is 165 Å². The second kappa shape index (κ2) is 8.89. The molecule has 26 heavy (non-hydrogen) atoms. The number of anilines is 2. The number of aromatic hydroxyl groups is 1. The topological polar surface area (TPSA) is 60.8 Å². The minimum absolute atomic E-state index is 0.232. The number of phenols is 1. The fraction of sp³-hybridized carbons (Fsp3) is 0.111. The second-order valence-corrected chi connectivity index (χ2v) is 6.66. The quantitative estimate of drug-likeness (QED) is 0.246. The monoisotopic (exact) mass is 406 g/mol. The maximum Gasteiger partial charge on any atom is 0.203 e. The van der Waals surface area contributed by atoms with Gasteiger partial charge in [0, 0.05) is 16.6 Å². The molecule has 0 atom stereocenters. The van der Waals surface area contributed by atoms with Gasteiger partial charge in [-0.25, -0.2) is 4.98 Å². The highest BCUT2D eigenvalue weighted by atomic mass is 35.5. The van der Waals surface area contributed by atoms with Gasteiger partial charge >= 0.3 is 0 Å². The van der Waals surface area contributed by atoms with Crippen LogP contribution in [0.4, 0.5) is 10.8 Å². The van der Waals surface area contributed by atoms with Crippen molar-refractivity contribution in [2.24, 2.45) is 5.10 Å². The van der Waals surface area contributed by atoms with Crippen LogP contribution in [0.2, 0.25) is 0 Å². The van der Waals surface area contributed by atoms with Gasteiger partial charge in [0.15, 0.2) is 0 Å². The summed E-state index contributed by atoms with van der Waals surface area (Å²) in [7, 11) is 0. The molecular weight excluding hydrogens is 391 g/mol. The van der Waals surface area contributed by atoms with E-state index in [0.717, 1.165) is 22.5 Å². The average Bonchev–Trinajstić information content (AvgIpc) is 3.13. The third-order valence-corrected chi connectivity index (χ3v) is 4.89. The van der Waals surface area contributed by atoms with Crippen LogP contribution in [0.25, 0.3) is 11.3 Å². The number of hydrogen-bond acceptors (Lipinski definition) is 6. The zero-order chi connectivity index (χ0) is 18.4. The average molecular weight is 407 g/mol. The van der Waals surface area contributed by atoms with Crippen LogP contribution in [0.5, 0.6) is 5.75 Å². The lowest BCUT2D eigenvalue weighted by molar-refractivity contribution is 0.475. The van der Waals surface area contributed by atoms with E-state index >= 15 is 0 Å². The predicted octanol–water partition coefficient (Wildman–Crippen LogP) is 5.16. The lowest BCUT2D eigenvalue weighted by atomic mass is 10.2. The van der Waals surface area contributed by atoms with Gasteiger partial charge in [0.1, 0.15) is 5.75 Å². The Morgan fingerprint density at radius 1 is 1.15 bits per heavy atom. The molecule has 1 heterocycles. The van der Waals surface area contributed by atoms with Gasteiger partial charge in [-0.2, -0.15) is 5.10 Å². The Bertz CT molecular complexity index is 879. The normalized spacial score (nSPS) is 11.0. The minimum Gasteiger partial charge on any atom is -0.508 e. The molecule has 0 bridgehead atoms. The molecule has 0 saturated carbocycles. The van der Waals surface area contributed by atoms with Crippen molar-refractivity contribution in [3.8, 4) is 17.0 Å². The van der Waals surface area contributed by atoms with E-state index in [9.17, 15) is 5.11 Å². The molecule has 3 aromatic rings. The van der Waals surface area contributed by atoms with E-state index in [1.807, 2.05) is 46.7 Å². The number of hydrazone groups is 1. The van der Waals surface area contributed by atoms with Gasteiger partial charge in [0.25, 0.3) is 0 Å². The largest absolute Gasteiger partial charge is 0.508 e. The molecule has 0 saturated heterocycles. The fourth-order valence-electron chi connectivity index (χ4n) is 2.22. The smallest absolute Gasteiger partial charge is 0.203 e. The van der Waals surface area contributed by atoms with E-state index in [4.69, 9.17) is 23.2 Å². The van der Waals surface area contributed by atoms with E-state index in [0.29, 0.717) is 17.1 Å². The third kappa shape index (κ3) is 4.66. The molecule has 5 nitrogen and oxygen atoms in total. The van der Waals surface area contributed by atoms with Gasteiger partial charge in [-0.3, -0.25) is 5.43 Å². The highest BCUT2D eigenvalue weighted by Gasteiger charge is 2.05. The van der Waals surface area contributed by atoms with E-state index in [2.05, 4.69) is 15.5 Å². The summed E-state index contributed by atoms with van der Waals surface area (Å²) in [6, 6.07) is 15.3. The van der Waals surface area contributed by atoms with Crippen LogP contribution in [0.1, 0.15) is 5.56 Å². The van der Waals surface area contributed by atoms with E-state index < -0.39 is 0 Å². The highest BCUT2D eigenvalue weighted by molar-refractivity contribution is 7.14. The van der Waals surface area contributed by atoms with Crippen molar-refractivity contribution in [2.45, 2.75) is 0 Å². The van der Waals surface area contributed by atoms with Crippen molar-refractivity contribution in [1.29, 1.82) is 0 Å². The molecule has 0 amide bonds. The molecule has 0 aliphatic heterocycles. The van der Waals surface area contributed by atoms with Crippen LogP contribution in [0.3, 0.4) is 0 Å². The maximum absolute atomic E-state index is 9.35. The molecule has 134 valence electrons. The van der Waals surface area contributed by atoms with Crippen molar-refractivity contribution in [1.82, 2.24) is 4.98 Å². The molecule has 3 rings (SSSR count). The number of nitrogens with zero attached hydrogens (tertiary/aromatic N) is 3. The molecular formula is C18H16Cl2N4OS. The van der Waals surface area contributed by atoms with Gasteiger partial charge < -0.3 is 10.0 Å². The van der Waals surface area contributed by atoms with Gasteiger partial charge in [0.2, 0.25) is 5.13 Å². The number of aromatic nitrogens is 1. The number of thiazole rings is 1. The molecule has 2 N–H and O–H groups in total. The van der Waals surface area contributed by atoms with Gasteiger partial charge in [-0.1, -0.05) is 12.1 Å². The first kappa shape index (κ1) is 18.5. The minimum atomic E-state index is 0.232. The number of halogens is 2. The number of alkyl halides is 2. The van der Waals surface area contributed by atoms with Gasteiger partial charge in [-0.05, 0) is 42.0 Å².